The number of nitro benzene ring substituents is 1. The van der Waals surface area contributed by atoms with Crippen molar-refractivity contribution in [3.63, 3.8) is 0 Å². The van der Waals surface area contributed by atoms with Gasteiger partial charge < -0.3 is 9.74 Å². The Hall–Kier alpha value is -1.57. The van der Waals surface area contributed by atoms with Crippen molar-refractivity contribution in [2.45, 2.75) is 71.0 Å². The van der Waals surface area contributed by atoms with E-state index in [4.69, 9.17) is 16.6 Å². The highest BCUT2D eigenvalue weighted by molar-refractivity contribution is 7.80. The number of para-hydroxylation sites is 1. The molecule has 0 spiro atoms. The standard InChI is InChI=1S/C23H36N2O3SSi/c1-22(2,3)30(4,5)28-18-16-23(15-10-17-24-21(23)29)14-9-8-12-19-11-6-7-13-20(19)25(26)27/h6-8,11-13H,9-10,14-18H2,1-5H3,(H,24,29)/b12-8-. The Morgan fingerprint density at radius 2 is 2.00 bits per heavy atom. The van der Waals surface area contributed by atoms with Crippen molar-refractivity contribution in [2.75, 3.05) is 13.2 Å². The molecule has 30 heavy (non-hydrogen) atoms. The van der Waals surface area contributed by atoms with E-state index in [1.54, 1.807) is 18.2 Å². The molecule has 0 saturated carbocycles. The first-order valence-corrected chi connectivity index (χ1v) is 14.1. The van der Waals surface area contributed by atoms with Gasteiger partial charge in [0.05, 0.1) is 15.5 Å². The molecule has 0 radical (unpaired) electrons. The Kier molecular flexibility index (Phi) is 8.36. The smallest absolute Gasteiger partial charge is 0.276 e. The molecule has 1 aromatic rings. The number of thiocarbonyl (C=S) groups is 1. The predicted molar refractivity (Wildman–Crippen MR) is 131 cm³/mol. The van der Waals surface area contributed by atoms with Crippen LogP contribution in [-0.4, -0.2) is 31.4 Å². The zero-order valence-electron chi connectivity index (χ0n) is 19.0. The summed E-state index contributed by atoms with van der Waals surface area (Å²) in [7, 11) is -1.79. The van der Waals surface area contributed by atoms with Crippen molar-refractivity contribution in [3.8, 4) is 0 Å². The van der Waals surface area contributed by atoms with Crippen LogP contribution in [-0.2, 0) is 4.43 Å². The predicted octanol–water partition coefficient (Wildman–Crippen LogP) is 6.50. The minimum Gasteiger partial charge on any atom is -0.417 e. The van der Waals surface area contributed by atoms with E-state index in [9.17, 15) is 10.1 Å². The number of piperidine rings is 1. The van der Waals surface area contributed by atoms with Gasteiger partial charge in [-0.25, -0.2) is 0 Å². The third-order valence-electron chi connectivity index (χ3n) is 6.67. The number of nitrogens with one attached hydrogen (secondary N) is 1. The lowest BCUT2D eigenvalue weighted by atomic mass is 9.74. The summed E-state index contributed by atoms with van der Waals surface area (Å²) in [5.41, 5.74) is 0.728. The number of nitrogens with zero attached hydrogens (tertiary/aromatic N) is 1. The van der Waals surface area contributed by atoms with E-state index in [1.807, 2.05) is 18.2 Å². The Balaban J connectivity index is 2.04. The highest BCUT2D eigenvalue weighted by Gasteiger charge is 2.40. The van der Waals surface area contributed by atoms with Gasteiger partial charge in [0.1, 0.15) is 0 Å². The van der Waals surface area contributed by atoms with E-state index < -0.39 is 8.32 Å². The molecule has 1 unspecified atom stereocenters. The fourth-order valence-electron chi connectivity index (χ4n) is 3.61. The lowest BCUT2D eigenvalue weighted by Crippen LogP contribution is -2.47. The van der Waals surface area contributed by atoms with Crippen molar-refractivity contribution in [3.05, 3.63) is 46.0 Å². The molecule has 1 aliphatic rings. The second-order valence-corrected chi connectivity index (χ2v) is 15.0. The van der Waals surface area contributed by atoms with E-state index in [-0.39, 0.29) is 21.1 Å². The number of hydrogen-bond acceptors (Lipinski definition) is 4. The Labute approximate surface area is 187 Å². The van der Waals surface area contributed by atoms with E-state index in [0.29, 0.717) is 5.56 Å². The summed E-state index contributed by atoms with van der Waals surface area (Å²) in [6.45, 7) is 13.0. The van der Waals surface area contributed by atoms with Crippen molar-refractivity contribution in [1.29, 1.82) is 0 Å². The largest absolute Gasteiger partial charge is 0.417 e. The average Bonchev–Trinajstić information content (AvgIpc) is 2.66. The second-order valence-electron chi connectivity index (χ2n) is 9.76. The molecular weight excluding hydrogens is 412 g/mol. The van der Waals surface area contributed by atoms with Gasteiger partial charge in [-0.2, -0.15) is 0 Å². The summed E-state index contributed by atoms with van der Waals surface area (Å²) in [6.07, 6.45) is 8.75. The van der Waals surface area contributed by atoms with E-state index in [2.05, 4.69) is 39.2 Å². The van der Waals surface area contributed by atoms with Gasteiger partial charge in [0.15, 0.2) is 8.32 Å². The molecule has 1 saturated heterocycles. The molecule has 0 amide bonds. The molecule has 1 fully saturated rings. The third-order valence-corrected chi connectivity index (χ3v) is 11.8. The minimum atomic E-state index is -1.79. The van der Waals surface area contributed by atoms with Crippen molar-refractivity contribution >= 4 is 37.3 Å². The number of allylic oxidation sites excluding steroid dienone is 1. The van der Waals surface area contributed by atoms with Crippen LogP contribution in [0.2, 0.25) is 18.1 Å². The van der Waals surface area contributed by atoms with E-state index >= 15 is 0 Å². The SMILES string of the molecule is CC(C)(C)[Si](C)(C)OCCC1(CC/C=C\c2ccccc2[N+](=O)[O-])CCCNC1=S. The molecule has 2 rings (SSSR count). The number of nitro groups is 1. The van der Waals surface area contributed by atoms with Gasteiger partial charge in [0.2, 0.25) is 0 Å². The zero-order chi connectivity index (χ0) is 22.4. The first-order chi connectivity index (χ1) is 14.0. The van der Waals surface area contributed by atoms with Gasteiger partial charge in [-0.3, -0.25) is 10.1 Å². The van der Waals surface area contributed by atoms with E-state index in [0.717, 1.165) is 50.2 Å². The fraction of sp³-hybridized carbons (Fsp3) is 0.609. The monoisotopic (exact) mass is 448 g/mol. The van der Waals surface area contributed by atoms with Gasteiger partial charge in [-0.05, 0) is 56.3 Å². The normalized spacial score (nSPS) is 20.4. The maximum atomic E-state index is 11.2. The first kappa shape index (κ1) is 24.7. The van der Waals surface area contributed by atoms with Crippen LogP contribution in [0.25, 0.3) is 6.08 Å². The molecule has 1 aliphatic heterocycles. The lowest BCUT2D eigenvalue weighted by molar-refractivity contribution is -0.385. The van der Waals surface area contributed by atoms with Gasteiger partial charge in [0.25, 0.3) is 5.69 Å². The number of benzene rings is 1. The van der Waals surface area contributed by atoms with Gasteiger partial charge in [-0.1, -0.05) is 57.3 Å². The molecule has 0 aromatic heterocycles. The minimum absolute atomic E-state index is 0.0527. The van der Waals surface area contributed by atoms with Crippen LogP contribution in [0.5, 0.6) is 0 Å². The zero-order valence-corrected chi connectivity index (χ0v) is 20.8. The maximum Gasteiger partial charge on any atom is 0.276 e. The lowest BCUT2D eigenvalue weighted by Gasteiger charge is -2.41. The number of rotatable bonds is 9. The maximum absolute atomic E-state index is 11.2. The highest BCUT2D eigenvalue weighted by atomic mass is 32.1. The van der Waals surface area contributed by atoms with Crippen molar-refractivity contribution < 1.29 is 9.35 Å². The summed E-state index contributed by atoms with van der Waals surface area (Å²) in [5.74, 6) is 0. The molecular formula is C23H36N2O3SSi. The third kappa shape index (κ3) is 6.22. The number of hydrogen-bond donors (Lipinski definition) is 1. The molecule has 1 N–H and O–H groups in total. The molecule has 1 aromatic carbocycles. The van der Waals surface area contributed by atoms with E-state index in [1.165, 1.54) is 0 Å². The van der Waals surface area contributed by atoms with Crippen LogP contribution in [0.1, 0.15) is 58.4 Å². The summed E-state index contributed by atoms with van der Waals surface area (Å²) < 4.78 is 6.45. The van der Waals surface area contributed by atoms with Crippen molar-refractivity contribution in [2.24, 2.45) is 5.41 Å². The fourth-order valence-corrected chi connectivity index (χ4v) is 5.07. The van der Waals surface area contributed by atoms with Crippen molar-refractivity contribution in [1.82, 2.24) is 5.32 Å². The Morgan fingerprint density at radius 3 is 2.63 bits per heavy atom. The summed E-state index contributed by atoms with van der Waals surface area (Å²) in [4.78, 5) is 11.8. The molecule has 7 heteroatoms. The first-order valence-electron chi connectivity index (χ1n) is 10.8. The molecule has 5 nitrogen and oxygen atoms in total. The van der Waals surface area contributed by atoms with Crippen LogP contribution in [0.4, 0.5) is 5.69 Å². The molecule has 0 bridgehead atoms. The average molecular weight is 449 g/mol. The van der Waals surface area contributed by atoms with Crippen LogP contribution >= 0.6 is 12.2 Å². The van der Waals surface area contributed by atoms with Gasteiger partial charge in [0, 0.05) is 24.6 Å². The molecule has 166 valence electrons. The summed E-state index contributed by atoms with van der Waals surface area (Å²) in [5, 5.41) is 14.8. The van der Waals surface area contributed by atoms with Crippen LogP contribution in [0, 0.1) is 15.5 Å². The molecule has 1 heterocycles. The quantitative estimate of drug-likeness (QED) is 0.202. The van der Waals surface area contributed by atoms with Crippen LogP contribution in [0.15, 0.2) is 30.3 Å². The van der Waals surface area contributed by atoms with Gasteiger partial charge in [-0.15, -0.1) is 0 Å². The molecule has 0 aliphatic carbocycles. The summed E-state index contributed by atoms with van der Waals surface area (Å²) in [6, 6.07) is 6.84. The van der Waals surface area contributed by atoms with Crippen LogP contribution < -0.4 is 5.32 Å². The summed E-state index contributed by atoms with van der Waals surface area (Å²) >= 11 is 5.75. The topological polar surface area (TPSA) is 64.4 Å². The second kappa shape index (κ2) is 10.2. The Morgan fingerprint density at radius 1 is 1.30 bits per heavy atom. The molecule has 1 atom stereocenters. The van der Waals surface area contributed by atoms with Gasteiger partial charge >= 0.3 is 0 Å². The Bertz CT molecular complexity index is 789. The highest BCUT2D eigenvalue weighted by Crippen LogP contribution is 2.40. The van der Waals surface area contributed by atoms with Crippen LogP contribution in [0.3, 0.4) is 0 Å².